The van der Waals surface area contributed by atoms with E-state index < -0.39 is 0 Å². The number of halogens is 1. The van der Waals surface area contributed by atoms with Gasteiger partial charge in [0.1, 0.15) is 24.2 Å². The van der Waals surface area contributed by atoms with Crippen LogP contribution in [0.25, 0.3) is 0 Å². The minimum absolute atomic E-state index is 0. The maximum absolute atomic E-state index is 6.00. The van der Waals surface area contributed by atoms with Gasteiger partial charge in [0, 0.05) is 25.5 Å². The molecule has 1 atom stereocenters. The van der Waals surface area contributed by atoms with Crippen molar-refractivity contribution in [2.75, 3.05) is 13.1 Å². The highest BCUT2D eigenvalue weighted by atomic mass is 127. The van der Waals surface area contributed by atoms with E-state index in [2.05, 4.69) is 64.4 Å². The summed E-state index contributed by atoms with van der Waals surface area (Å²) in [5, 5.41) is 6.65. The van der Waals surface area contributed by atoms with Crippen LogP contribution in [-0.4, -0.2) is 34.7 Å². The summed E-state index contributed by atoms with van der Waals surface area (Å²) in [6.45, 7) is 8.90. The number of nitrogens with one attached hydrogen (secondary N) is 2. The largest absolute Gasteiger partial charge is 0.489 e. The number of imidazole rings is 1. The molecule has 6 nitrogen and oxygen atoms in total. The highest BCUT2D eigenvalue weighted by Crippen LogP contribution is 2.14. The summed E-state index contributed by atoms with van der Waals surface area (Å²) < 4.78 is 8.13. The Morgan fingerprint density at radius 3 is 2.68 bits per heavy atom. The van der Waals surface area contributed by atoms with Gasteiger partial charge in [-0.1, -0.05) is 42.5 Å². The summed E-state index contributed by atoms with van der Waals surface area (Å²) in [6, 6.07) is 18.5. The van der Waals surface area contributed by atoms with E-state index >= 15 is 0 Å². The van der Waals surface area contributed by atoms with Crippen molar-refractivity contribution in [3.8, 4) is 5.75 Å². The number of aryl methyl sites for hydroxylation is 1. The lowest BCUT2D eigenvalue weighted by Gasteiger charge is -2.18. The van der Waals surface area contributed by atoms with Crippen LogP contribution in [0.3, 0.4) is 0 Å². The quantitative estimate of drug-likeness (QED) is 0.244. The fraction of sp³-hybridized carbons (Fsp3) is 0.333. The number of aliphatic imine (C=N–C) groups is 1. The second-order valence-electron chi connectivity index (χ2n) is 7.28. The van der Waals surface area contributed by atoms with E-state index in [1.54, 1.807) is 0 Å². The molecule has 1 aromatic heterocycles. The Morgan fingerprint density at radius 2 is 1.94 bits per heavy atom. The third kappa shape index (κ3) is 8.24. The minimum Gasteiger partial charge on any atom is -0.489 e. The highest BCUT2D eigenvalue weighted by Gasteiger charge is 2.07. The van der Waals surface area contributed by atoms with E-state index in [1.807, 2.05) is 43.6 Å². The Bertz CT molecular complexity index is 942. The van der Waals surface area contributed by atoms with Crippen LogP contribution >= 0.6 is 24.0 Å². The fourth-order valence-corrected chi connectivity index (χ4v) is 3.11. The van der Waals surface area contributed by atoms with E-state index in [-0.39, 0.29) is 30.1 Å². The molecule has 2 N–H and O–H groups in total. The molecule has 2 aromatic carbocycles. The Hall–Kier alpha value is -2.55. The van der Waals surface area contributed by atoms with Crippen LogP contribution < -0.4 is 15.4 Å². The standard InChI is InChI=1S/C24H31N5O.HI/c1-4-25-24(27-16-20(3)30-22-12-8-9-19(2)15-22)28-17-23-26-13-14-29(23)18-21-10-6-5-7-11-21;/h5-15,20H,4,16-18H2,1-3H3,(H2,25,27,28);1H. The molecule has 0 saturated heterocycles. The van der Waals surface area contributed by atoms with Crippen molar-refractivity contribution < 1.29 is 4.74 Å². The molecule has 0 aliphatic rings. The molecule has 31 heavy (non-hydrogen) atoms. The van der Waals surface area contributed by atoms with Gasteiger partial charge in [-0.15, -0.1) is 24.0 Å². The van der Waals surface area contributed by atoms with Crippen LogP contribution in [0.15, 0.2) is 72.0 Å². The number of hydrogen-bond donors (Lipinski definition) is 2. The smallest absolute Gasteiger partial charge is 0.191 e. The Labute approximate surface area is 202 Å². The van der Waals surface area contributed by atoms with Gasteiger partial charge in [-0.25, -0.2) is 9.98 Å². The maximum atomic E-state index is 6.00. The number of hydrogen-bond acceptors (Lipinski definition) is 3. The number of guanidine groups is 1. The zero-order valence-electron chi connectivity index (χ0n) is 18.4. The van der Waals surface area contributed by atoms with E-state index in [0.29, 0.717) is 13.1 Å². The molecule has 3 rings (SSSR count). The van der Waals surface area contributed by atoms with Crippen molar-refractivity contribution in [3.63, 3.8) is 0 Å². The molecule has 1 unspecified atom stereocenters. The van der Waals surface area contributed by atoms with Gasteiger partial charge < -0.3 is 19.9 Å². The summed E-state index contributed by atoms with van der Waals surface area (Å²) in [5.41, 5.74) is 2.43. The predicted molar refractivity (Wildman–Crippen MR) is 137 cm³/mol. The molecule has 0 spiro atoms. The molecule has 0 aliphatic heterocycles. The van der Waals surface area contributed by atoms with Crippen LogP contribution in [0, 0.1) is 6.92 Å². The van der Waals surface area contributed by atoms with Gasteiger partial charge in [0.25, 0.3) is 0 Å². The third-order valence-electron chi connectivity index (χ3n) is 4.60. The Morgan fingerprint density at radius 1 is 1.13 bits per heavy atom. The zero-order chi connectivity index (χ0) is 21.2. The van der Waals surface area contributed by atoms with Crippen molar-refractivity contribution in [2.45, 2.75) is 40.0 Å². The normalized spacial score (nSPS) is 12.0. The SMILES string of the molecule is CCNC(=NCc1nccn1Cc1ccccc1)NCC(C)Oc1cccc(C)c1.I. The van der Waals surface area contributed by atoms with Crippen molar-refractivity contribution in [2.24, 2.45) is 4.99 Å². The maximum Gasteiger partial charge on any atom is 0.191 e. The monoisotopic (exact) mass is 533 g/mol. The lowest BCUT2D eigenvalue weighted by atomic mass is 10.2. The van der Waals surface area contributed by atoms with Crippen LogP contribution in [0.1, 0.15) is 30.8 Å². The molecule has 0 bridgehead atoms. The summed E-state index contributed by atoms with van der Waals surface area (Å²) in [4.78, 5) is 9.19. The fourth-order valence-electron chi connectivity index (χ4n) is 3.11. The molecule has 0 amide bonds. The van der Waals surface area contributed by atoms with Crippen LogP contribution in [-0.2, 0) is 13.1 Å². The van der Waals surface area contributed by atoms with Gasteiger partial charge in [-0.05, 0) is 44.0 Å². The third-order valence-corrected chi connectivity index (χ3v) is 4.60. The van der Waals surface area contributed by atoms with Gasteiger partial charge >= 0.3 is 0 Å². The molecule has 0 fully saturated rings. The van der Waals surface area contributed by atoms with Gasteiger partial charge in [-0.2, -0.15) is 0 Å². The van der Waals surface area contributed by atoms with Crippen LogP contribution in [0.5, 0.6) is 5.75 Å². The topological polar surface area (TPSA) is 63.5 Å². The number of aromatic nitrogens is 2. The lowest BCUT2D eigenvalue weighted by molar-refractivity contribution is 0.223. The second kappa shape index (κ2) is 13.0. The number of ether oxygens (including phenoxy) is 1. The summed E-state index contributed by atoms with van der Waals surface area (Å²) in [5.74, 6) is 2.57. The first-order valence-electron chi connectivity index (χ1n) is 10.4. The minimum atomic E-state index is 0. The van der Waals surface area contributed by atoms with Gasteiger partial charge in [-0.3, -0.25) is 0 Å². The van der Waals surface area contributed by atoms with E-state index in [1.165, 1.54) is 11.1 Å². The van der Waals surface area contributed by atoms with Gasteiger partial charge in [0.2, 0.25) is 0 Å². The summed E-state index contributed by atoms with van der Waals surface area (Å²) in [6.07, 6.45) is 3.83. The first-order valence-corrected chi connectivity index (χ1v) is 10.4. The molecular weight excluding hydrogens is 501 g/mol. The molecule has 0 aliphatic carbocycles. The number of benzene rings is 2. The predicted octanol–water partition coefficient (Wildman–Crippen LogP) is 4.38. The molecule has 166 valence electrons. The van der Waals surface area contributed by atoms with Crippen LogP contribution in [0.2, 0.25) is 0 Å². The first kappa shape index (κ1) is 24.7. The van der Waals surface area contributed by atoms with E-state index in [9.17, 15) is 0 Å². The van der Waals surface area contributed by atoms with Crippen molar-refractivity contribution in [1.29, 1.82) is 0 Å². The Kier molecular flexibility index (Phi) is 10.4. The molecule has 7 heteroatoms. The average Bonchev–Trinajstić information content (AvgIpc) is 3.18. The Balaban J connectivity index is 0.00000341. The van der Waals surface area contributed by atoms with E-state index in [0.717, 1.165) is 30.6 Å². The van der Waals surface area contributed by atoms with Crippen molar-refractivity contribution >= 4 is 29.9 Å². The molecular formula is C24H32IN5O. The molecule has 1 heterocycles. The van der Waals surface area contributed by atoms with Crippen molar-refractivity contribution in [1.82, 2.24) is 20.2 Å². The van der Waals surface area contributed by atoms with Gasteiger partial charge in [0.05, 0.1) is 6.54 Å². The highest BCUT2D eigenvalue weighted by molar-refractivity contribution is 14.0. The number of nitrogens with zero attached hydrogens (tertiary/aromatic N) is 3. The first-order chi connectivity index (χ1) is 14.6. The van der Waals surface area contributed by atoms with Gasteiger partial charge in [0.15, 0.2) is 5.96 Å². The summed E-state index contributed by atoms with van der Waals surface area (Å²) in [7, 11) is 0. The lowest BCUT2D eigenvalue weighted by Crippen LogP contribution is -2.41. The molecule has 0 radical (unpaired) electrons. The average molecular weight is 533 g/mol. The van der Waals surface area contributed by atoms with E-state index in [4.69, 9.17) is 9.73 Å². The summed E-state index contributed by atoms with van der Waals surface area (Å²) >= 11 is 0. The molecule has 3 aromatic rings. The second-order valence-corrected chi connectivity index (χ2v) is 7.28. The van der Waals surface area contributed by atoms with Crippen molar-refractivity contribution in [3.05, 3.63) is 83.9 Å². The zero-order valence-corrected chi connectivity index (χ0v) is 20.7. The number of rotatable bonds is 9. The van der Waals surface area contributed by atoms with Crippen LogP contribution in [0.4, 0.5) is 0 Å². The molecule has 0 saturated carbocycles.